The van der Waals surface area contributed by atoms with E-state index in [2.05, 4.69) is 5.32 Å². The average molecular weight is 522 g/mol. The number of carbonyl (C=O) groups excluding carboxylic acids is 1. The molecule has 0 saturated carbocycles. The van der Waals surface area contributed by atoms with Gasteiger partial charge in [-0.3, -0.25) is 14.2 Å². The van der Waals surface area contributed by atoms with E-state index in [1.54, 1.807) is 13.8 Å². The SMILES string of the molecule is COc1ccc(F)cc1C(O)Cn1c(=O)n(C(C)(C)C(=O)NC(C)C)c(=O)c2c(C)c(C(=O)O)sc21. The molecule has 1 unspecified atom stereocenters. The number of carbonyl (C=O) groups is 2. The topological polar surface area (TPSA) is 140 Å². The van der Waals surface area contributed by atoms with Crippen molar-refractivity contribution in [1.29, 1.82) is 0 Å². The van der Waals surface area contributed by atoms with Gasteiger partial charge in [0.25, 0.3) is 5.56 Å². The van der Waals surface area contributed by atoms with E-state index in [-0.39, 0.29) is 38.0 Å². The monoisotopic (exact) mass is 521 g/mol. The van der Waals surface area contributed by atoms with Crippen molar-refractivity contribution < 1.29 is 28.9 Å². The van der Waals surface area contributed by atoms with Gasteiger partial charge in [-0.15, -0.1) is 11.3 Å². The van der Waals surface area contributed by atoms with E-state index < -0.39 is 47.1 Å². The third-order valence-corrected chi connectivity index (χ3v) is 7.15. The van der Waals surface area contributed by atoms with E-state index in [1.807, 2.05) is 0 Å². The molecule has 36 heavy (non-hydrogen) atoms. The number of aromatic carboxylic acids is 1. The van der Waals surface area contributed by atoms with Crippen LogP contribution in [-0.2, 0) is 16.9 Å². The number of halogens is 1. The Labute approximate surface area is 209 Å². The molecular formula is C24H28FN3O7S. The standard InChI is InChI=1S/C24H28FN3O7S/c1-11(2)26-22(33)24(4,5)28-19(30)17-12(3)18(21(31)32)36-20(17)27(23(28)34)10-15(29)14-9-13(25)7-8-16(14)35-6/h7-9,11,15,29H,10H2,1-6H3,(H,26,33)(H,31,32). The van der Waals surface area contributed by atoms with Crippen LogP contribution in [0.5, 0.6) is 5.75 Å². The summed E-state index contributed by atoms with van der Waals surface area (Å²) in [5, 5.41) is 23.3. The zero-order valence-electron chi connectivity index (χ0n) is 20.7. The number of thiophene rings is 1. The number of methoxy groups -OCH3 is 1. The predicted octanol–water partition coefficient (Wildman–Crippen LogP) is 2.37. The summed E-state index contributed by atoms with van der Waals surface area (Å²) in [5.41, 5.74) is -3.22. The lowest BCUT2D eigenvalue weighted by molar-refractivity contribution is -0.129. The van der Waals surface area contributed by atoms with E-state index in [4.69, 9.17) is 4.74 Å². The maximum Gasteiger partial charge on any atom is 0.346 e. The number of carboxylic acid groups (broad SMARTS) is 1. The fraction of sp³-hybridized carbons (Fsp3) is 0.417. The number of hydrogen-bond donors (Lipinski definition) is 3. The van der Waals surface area contributed by atoms with Crippen LogP contribution in [0.2, 0.25) is 0 Å². The molecule has 1 atom stereocenters. The summed E-state index contributed by atoms with van der Waals surface area (Å²) in [7, 11) is 1.34. The van der Waals surface area contributed by atoms with Gasteiger partial charge in [-0.2, -0.15) is 0 Å². The van der Waals surface area contributed by atoms with Gasteiger partial charge in [-0.25, -0.2) is 18.5 Å². The van der Waals surface area contributed by atoms with Gasteiger partial charge < -0.3 is 20.3 Å². The van der Waals surface area contributed by atoms with Crippen LogP contribution < -0.4 is 21.3 Å². The first-order valence-corrected chi connectivity index (χ1v) is 11.9. The number of nitrogens with zero attached hydrogens (tertiary/aromatic N) is 2. The van der Waals surface area contributed by atoms with Gasteiger partial charge in [-0.1, -0.05) is 0 Å². The van der Waals surface area contributed by atoms with Crippen LogP contribution in [0, 0.1) is 12.7 Å². The molecule has 3 aromatic rings. The first kappa shape index (κ1) is 27.1. The molecule has 2 aromatic heterocycles. The second-order valence-corrected chi connectivity index (χ2v) is 10.2. The smallest absolute Gasteiger partial charge is 0.346 e. The van der Waals surface area contributed by atoms with Crippen LogP contribution in [0.1, 0.15) is 54.6 Å². The van der Waals surface area contributed by atoms with Gasteiger partial charge in [0, 0.05) is 11.6 Å². The lowest BCUT2D eigenvalue weighted by atomic mass is 10.0. The minimum Gasteiger partial charge on any atom is -0.496 e. The summed E-state index contributed by atoms with van der Waals surface area (Å²) in [4.78, 5) is 51.9. The molecule has 1 amide bonds. The molecule has 2 heterocycles. The lowest BCUT2D eigenvalue weighted by Gasteiger charge is -2.28. The van der Waals surface area contributed by atoms with Crippen LogP contribution in [0.15, 0.2) is 27.8 Å². The summed E-state index contributed by atoms with van der Waals surface area (Å²) >= 11 is 0.709. The Morgan fingerprint density at radius 1 is 1.25 bits per heavy atom. The van der Waals surface area contributed by atoms with E-state index >= 15 is 0 Å². The van der Waals surface area contributed by atoms with Crippen molar-refractivity contribution >= 4 is 33.4 Å². The number of rotatable bonds is 8. The first-order chi connectivity index (χ1) is 16.7. The van der Waals surface area contributed by atoms with Crippen LogP contribution in [0.4, 0.5) is 4.39 Å². The molecule has 0 fully saturated rings. The van der Waals surface area contributed by atoms with Gasteiger partial charge in [-0.05, 0) is 58.4 Å². The van der Waals surface area contributed by atoms with Crippen LogP contribution in [0.25, 0.3) is 10.2 Å². The van der Waals surface area contributed by atoms with Crippen LogP contribution in [0.3, 0.4) is 0 Å². The van der Waals surface area contributed by atoms with E-state index in [0.717, 1.165) is 21.3 Å². The highest BCUT2D eigenvalue weighted by Gasteiger charge is 2.36. The van der Waals surface area contributed by atoms with Crippen molar-refractivity contribution in [3.8, 4) is 5.75 Å². The summed E-state index contributed by atoms with van der Waals surface area (Å²) in [6.45, 7) is 7.23. The summed E-state index contributed by atoms with van der Waals surface area (Å²) in [6.07, 6.45) is -1.47. The van der Waals surface area contributed by atoms with Crippen molar-refractivity contribution in [3.05, 3.63) is 60.9 Å². The highest BCUT2D eigenvalue weighted by atomic mass is 32.1. The minimum atomic E-state index is -1.66. The molecule has 12 heteroatoms. The lowest BCUT2D eigenvalue weighted by Crippen LogP contribution is -2.56. The molecule has 3 rings (SSSR count). The third kappa shape index (κ3) is 4.65. The normalized spacial score (nSPS) is 12.7. The van der Waals surface area contributed by atoms with Gasteiger partial charge in [0.15, 0.2) is 0 Å². The molecule has 0 radical (unpaired) electrons. The molecule has 0 saturated heterocycles. The molecule has 3 N–H and O–H groups in total. The highest BCUT2D eigenvalue weighted by molar-refractivity contribution is 7.20. The Balaban J connectivity index is 2.35. The highest BCUT2D eigenvalue weighted by Crippen LogP contribution is 2.31. The zero-order chi connectivity index (χ0) is 27.1. The number of aryl methyl sites for hydroxylation is 1. The fourth-order valence-electron chi connectivity index (χ4n) is 3.98. The Hall–Kier alpha value is -3.51. The molecule has 0 aliphatic rings. The van der Waals surface area contributed by atoms with Crippen LogP contribution in [-0.4, -0.2) is 44.4 Å². The number of nitrogens with one attached hydrogen (secondary N) is 1. The molecule has 0 bridgehead atoms. The molecule has 0 aliphatic carbocycles. The second-order valence-electron chi connectivity index (χ2n) is 9.16. The average Bonchev–Trinajstić information content (AvgIpc) is 3.13. The fourth-order valence-corrected chi connectivity index (χ4v) is 5.12. The number of ether oxygens (including phenoxy) is 1. The molecule has 0 spiro atoms. The number of carboxylic acids is 1. The predicted molar refractivity (Wildman–Crippen MR) is 133 cm³/mol. The van der Waals surface area contributed by atoms with Gasteiger partial charge in [0.2, 0.25) is 5.91 Å². The third-order valence-electron chi connectivity index (χ3n) is 5.85. The molecule has 194 valence electrons. The number of aliphatic hydroxyl groups is 1. The van der Waals surface area contributed by atoms with Crippen molar-refractivity contribution in [2.45, 2.75) is 58.8 Å². The Kier molecular flexibility index (Phi) is 7.42. The Morgan fingerprint density at radius 3 is 2.44 bits per heavy atom. The summed E-state index contributed by atoms with van der Waals surface area (Å²) in [6, 6.07) is 3.26. The maximum absolute atomic E-state index is 13.9. The van der Waals surface area contributed by atoms with Gasteiger partial charge >= 0.3 is 11.7 Å². The maximum atomic E-state index is 13.9. The van der Waals surface area contributed by atoms with Crippen molar-refractivity contribution in [2.24, 2.45) is 0 Å². The van der Waals surface area contributed by atoms with Crippen molar-refractivity contribution in [3.63, 3.8) is 0 Å². The zero-order valence-corrected chi connectivity index (χ0v) is 21.5. The number of hydrogen-bond acceptors (Lipinski definition) is 7. The van der Waals surface area contributed by atoms with Gasteiger partial charge in [0.05, 0.1) is 19.0 Å². The number of aromatic nitrogens is 2. The molecule has 1 aromatic carbocycles. The number of benzene rings is 1. The molecule has 0 aliphatic heterocycles. The molecule has 10 nitrogen and oxygen atoms in total. The number of amides is 1. The van der Waals surface area contributed by atoms with Gasteiger partial charge in [0.1, 0.15) is 32.9 Å². The van der Waals surface area contributed by atoms with E-state index in [1.165, 1.54) is 33.9 Å². The number of aliphatic hydroxyl groups excluding tert-OH is 1. The minimum absolute atomic E-state index is 0.0191. The summed E-state index contributed by atoms with van der Waals surface area (Å²) < 4.78 is 20.9. The van der Waals surface area contributed by atoms with Crippen molar-refractivity contribution in [1.82, 2.24) is 14.5 Å². The van der Waals surface area contributed by atoms with E-state index in [9.17, 15) is 33.8 Å². The molecular weight excluding hydrogens is 493 g/mol. The van der Waals surface area contributed by atoms with Crippen LogP contribution >= 0.6 is 11.3 Å². The summed E-state index contributed by atoms with van der Waals surface area (Å²) in [5.74, 6) is -2.35. The second kappa shape index (κ2) is 9.86. The first-order valence-electron chi connectivity index (χ1n) is 11.1. The Bertz CT molecular complexity index is 1470. The number of fused-ring (bicyclic) bond motifs is 1. The quantitative estimate of drug-likeness (QED) is 0.413. The van der Waals surface area contributed by atoms with E-state index in [0.29, 0.717) is 11.3 Å². The Morgan fingerprint density at radius 2 is 1.89 bits per heavy atom. The largest absolute Gasteiger partial charge is 0.496 e. The van der Waals surface area contributed by atoms with Crippen molar-refractivity contribution in [2.75, 3.05) is 7.11 Å².